The fraction of sp³-hybridized carbons (Fsp3) is 0.556. The van der Waals surface area contributed by atoms with Crippen molar-refractivity contribution in [3.05, 3.63) is 29.8 Å². The summed E-state index contributed by atoms with van der Waals surface area (Å²) in [6.07, 6.45) is 5.85. The van der Waals surface area contributed by atoms with E-state index in [4.69, 9.17) is 4.74 Å². The van der Waals surface area contributed by atoms with E-state index in [1.807, 2.05) is 0 Å². The number of carboxylic acids is 1. The molecular formula is C18H26O4. The van der Waals surface area contributed by atoms with E-state index in [2.05, 4.69) is 6.92 Å². The molecule has 1 unspecified atom stereocenters. The SMILES string of the molecule is CCCCCCCC(C)(C(=O)O)c1ccccc1OC(C)=O. The smallest absolute Gasteiger partial charge is 0.313 e. The zero-order valence-electron chi connectivity index (χ0n) is 13.7. The first-order valence-electron chi connectivity index (χ1n) is 7.93. The van der Waals surface area contributed by atoms with Crippen LogP contribution in [0.5, 0.6) is 5.75 Å². The van der Waals surface area contributed by atoms with Gasteiger partial charge in [0.15, 0.2) is 0 Å². The van der Waals surface area contributed by atoms with Gasteiger partial charge in [0.2, 0.25) is 0 Å². The minimum absolute atomic E-state index is 0.341. The van der Waals surface area contributed by atoms with Crippen LogP contribution in [-0.2, 0) is 15.0 Å². The Morgan fingerprint density at radius 1 is 1.14 bits per heavy atom. The molecule has 1 rings (SSSR count). The third-order valence-corrected chi connectivity index (χ3v) is 3.99. The first-order valence-corrected chi connectivity index (χ1v) is 7.93. The van der Waals surface area contributed by atoms with Crippen molar-refractivity contribution in [3.8, 4) is 5.75 Å². The van der Waals surface area contributed by atoms with Crippen molar-refractivity contribution in [3.63, 3.8) is 0 Å². The average Bonchev–Trinajstić information content (AvgIpc) is 2.46. The van der Waals surface area contributed by atoms with Crippen LogP contribution >= 0.6 is 0 Å². The second kappa shape index (κ2) is 8.57. The minimum Gasteiger partial charge on any atom is -0.481 e. The van der Waals surface area contributed by atoms with E-state index in [0.29, 0.717) is 17.7 Å². The quantitative estimate of drug-likeness (QED) is 0.419. The van der Waals surface area contributed by atoms with Gasteiger partial charge in [0.1, 0.15) is 5.75 Å². The molecule has 0 aliphatic carbocycles. The first kappa shape index (κ1) is 18.2. The lowest BCUT2D eigenvalue weighted by Gasteiger charge is -2.27. The van der Waals surface area contributed by atoms with Gasteiger partial charge < -0.3 is 9.84 Å². The molecule has 0 saturated carbocycles. The van der Waals surface area contributed by atoms with Crippen molar-refractivity contribution in [1.29, 1.82) is 0 Å². The summed E-state index contributed by atoms with van der Waals surface area (Å²) < 4.78 is 5.18. The molecule has 1 atom stereocenters. The number of esters is 1. The van der Waals surface area contributed by atoms with Crippen molar-refractivity contribution in [2.45, 2.75) is 64.7 Å². The van der Waals surface area contributed by atoms with Crippen LogP contribution in [0.2, 0.25) is 0 Å². The third-order valence-electron chi connectivity index (χ3n) is 3.99. The molecular weight excluding hydrogens is 280 g/mol. The van der Waals surface area contributed by atoms with Crippen molar-refractivity contribution >= 4 is 11.9 Å². The maximum Gasteiger partial charge on any atom is 0.313 e. The predicted molar refractivity (Wildman–Crippen MR) is 86.1 cm³/mol. The Labute approximate surface area is 132 Å². The van der Waals surface area contributed by atoms with Crippen LogP contribution in [0.3, 0.4) is 0 Å². The molecule has 0 aliphatic rings. The number of carbonyl (C=O) groups excluding carboxylic acids is 1. The first-order chi connectivity index (χ1) is 10.4. The standard InChI is InChI=1S/C18H26O4/c1-4-5-6-7-10-13-18(3,17(20)21)15-11-8-9-12-16(15)22-14(2)19/h8-9,11-12H,4-7,10,13H2,1-3H3,(H,20,21). The number of carbonyl (C=O) groups is 2. The van der Waals surface area contributed by atoms with E-state index in [1.54, 1.807) is 31.2 Å². The lowest BCUT2D eigenvalue weighted by atomic mass is 9.77. The van der Waals surface area contributed by atoms with Crippen LogP contribution in [0.15, 0.2) is 24.3 Å². The second-order valence-electron chi connectivity index (χ2n) is 5.89. The maximum atomic E-state index is 11.8. The molecule has 0 bridgehead atoms. The van der Waals surface area contributed by atoms with Crippen molar-refractivity contribution in [2.24, 2.45) is 0 Å². The maximum absolute atomic E-state index is 11.8. The minimum atomic E-state index is -1.04. The molecule has 122 valence electrons. The Bertz CT molecular complexity index is 510. The third kappa shape index (κ3) is 4.86. The van der Waals surface area contributed by atoms with Gasteiger partial charge in [-0.15, -0.1) is 0 Å². The lowest BCUT2D eigenvalue weighted by Crippen LogP contribution is -2.33. The summed E-state index contributed by atoms with van der Waals surface area (Å²) in [5.74, 6) is -0.987. The van der Waals surface area contributed by atoms with Crippen LogP contribution in [-0.4, -0.2) is 17.0 Å². The van der Waals surface area contributed by atoms with Crippen molar-refractivity contribution in [2.75, 3.05) is 0 Å². The number of para-hydroxylation sites is 1. The number of carboxylic acid groups (broad SMARTS) is 1. The molecule has 0 amide bonds. The highest BCUT2D eigenvalue weighted by Gasteiger charge is 2.37. The van der Waals surface area contributed by atoms with Crippen LogP contribution in [0.4, 0.5) is 0 Å². The zero-order valence-corrected chi connectivity index (χ0v) is 13.7. The van der Waals surface area contributed by atoms with E-state index in [1.165, 1.54) is 13.3 Å². The van der Waals surface area contributed by atoms with Crippen LogP contribution < -0.4 is 4.74 Å². The highest BCUT2D eigenvalue weighted by atomic mass is 16.5. The Hall–Kier alpha value is -1.84. The number of benzene rings is 1. The number of ether oxygens (including phenoxy) is 1. The Kier molecular flexibility index (Phi) is 7.09. The van der Waals surface area contributed by atoms with Crippen molar-refractivity contribution in [1.82, 2.24) is 0 Å². The largest absolute Gasteiger partial charge is 0.481 e. The molecule has 4 heteroatoms. The molecule has 1 aromatic rings. The molecule has 0 radical (unpaired) electrons. The van der Waals surface area contributed by atoms with Gasteiger partial charge in [-0.05, 0) is 19.4 Å². The van der Waals surface area contributed by atoms with Crippen LogP contribution in [0, 0.1) is 0 Å². The number of hydrogen-bond donors (Lipinski definition) is 1. The molecule has 0 spiro atoms. The highest BCUT2D eigenvalue weighted by molar-refractivity contribution is 5.82. The van der Waals surface area contributed by atoms with Gasteiger partial charge >= 0.3 is 11.9 Å². The zero-order chi connectivity index (χ0) is 16.6. The van der Waals surface area contributed by atoms with Gasteiger partial charge in [-0.25, -0.2) is 0 Å². The van der Waals surface area contributed by atoms with E-state index < -0.39 is 17.4 Å². The van der Waals surface area contributed by atoms with E-state index >= 15 is 0 Å². The molecule has 4 nitrogen and oxygen atoms in total. The second-order valence-corrected chi connectivity index (χ2v) is 5.89. The van der Waals surface area contributed by atoms with Gasteiger partial charge in [0.25, 0.3) is 0 Å². The summed E-state index contributed by atoms with van der Waals surface area (Å²) in [5, 5.41) is 9.71. The highest BCUT2D eigenvalue weighted by Crippen LogP contribution is 2.36. The van der Waals surface area contributed by atoms with E-state index in [0.717, 1.165) is 25.7 Å². The number of unbranched alkanes of at least 4 members (excludes halogenated alkanes) is 4. The molecule has 1 aromatic carbocycles. The summed E-state index contributed by atoms with van der Waals surface area (Å²) in [4.78, 5) is 23.1. The number of hydrogen-bond acceptors (Lipinski definition) is 3. The summed E-state index contributed by atoms with van der Waals surface area (Å²) in [6.45, 7) is 5.17. The summed E-state index contributed by atoms with van der Waals surface area (Å²) in [5.41, 5.74) is -0.480. The van der Waals surface area contributed by atoms with Crippen LogP contribution in [0.1, 0.15) is 64.9 Å². The van der Waals surface area contributed by atoms with Crippen molar-refractivity contribution < 1.29 is 19.4 Å². The Morgan fingerprint density at radius 3 is 2.36 bits per heavy atom. The fourth-order valence-corrected chi connectivity index (χ4v) is 2.61. The van der Waals surface area contributed by atoms with Gasteiger partial charge in [0, 0.05) is 12.5 Å². The van der Waals surface area contributed by atoms with Crippen LogP contribution in [0.25, 0.3) is 0 Å². The number of aliphatic carboxylic acids is 1. The molecule has 0 aromatic heterocycles. The lowest BCUT2D eigenvalue weighted by molar-refractivity contribution is -0.144. The Morgan fingerprint density at radius 2 is 1.77 bits per heavy atom. The molecule has 0 fully saturated rings. The van der Waals surface area contributed by atoms with Gasteiger partial charge in [-0.2, -0.15) is 0 Å². The summed E-state index contributed by atoms with van der Waals surface area (Å²) in [7, 11) is 0. The fourth-order valence-electron chi connectivity index (χ4n) is 2.61. The molecule has 0 saturated heterocycles. The number of rotatable bonds is 9. The van der Waals surface area contributed by atoms with Gasteiger partial charge in [0.05, 0.1) is 5.41 Å². The van der Waals surface area contributed by atoms with Gasteiger partial charge in [-0.3, -0.25) is 9.59 Å². The summed E-state index contributed by atoms with van der Waals surface area (Å²) in [6, 6.07) is 6.90. The average molecular weight is 306 g/mol. The molecule has 1 N–H and O–H groups in total. The molecule has 22 heavy (non-hydrogen) atoms. The van der Waals surface area contributed by atoms with E-state index in [-0.39, 0.29) is 0 Å². The topological polar surface area (TPSA) is 63.6 Å². The predicted octanol–water partition coefficient (Wildman–Crippen LogP) is 4.31. The summed E-state index contributed by atoms with van der Waals surface area (Å²) >= 11 is 0. The normalized spacial score (nSPS) is 13.4. The molecule has 0 aliphatic heterocycles. The van der Waals surface area contributed by atoms with Gasteiger partial charge in [-0.1, -0.05) is 57.2 Å². The Balaban J connectivity index is 2.94. The molecule has 0 heterocycles. The van der Waals surface area contributed by atoms with E-state index in [9.17, 15) is 14.7 Å². The monoisotopic (exact) mass is 306 g/mol.